The highest BCUT2D eigenvalue weighted by Gasteiger charge is 2.13. The average molecular weight is 313 g/mol. The van der Waals surface area contributed by atoms with E-state index in [1.54, 1.807) is 25.1 Å². The third kappa shape index (κ3) is 2.11. The molecule has 0 saturated heterocycles. The number of benzene rings is 1. The van der Waals surface area contributed by atoms with Crippen molar-refractivity contribution >= 4 is 39.5 Å². The van der Waals surface area contributed by atoms with Crippen molar-refractivity contribution < 1.29 is 0 Å². The molecule has 5 nitrogen and oxygen atoms in total. The van der Waals surface area contributed by atoms with E-state index in [2.05, 4.69) is 15.3 Å². The summed E-state index contributed by atoms with van der Waals surface area (Å²) in [7, 11) is 0. The van der Waals surface area contributed by atoms with Gasteiger partial charge in [0.15, 0.2) is 0 Å². The molecule has 3 aromatic rings. The lowest BCUT2D eigenvalue weighted by molar-refractivity contribution is 0.829. The largest absolute Gasteiger partial charge is 0.296 e. The number of nitrogens with zero attached hydrogens (tertiary/aromatic N) is 4. The van der Waals surface area contributed by atoms with Gasteiger partial charge in [0.2, 0.25) is 4.96 Å². The van der Waals surface area contributed by atoms with Crippen LogP contribution in [0.2, 0.25) is 10.0 Å². The highest BCUT2D eigenvalue weighted by Crippen LogP contribution is 2.32. The first-order chi connectivity index (χ1) is 9.06. The van der Waals surface area contributed by atoms with Gasteiger partial charge in [0.25, 0.3) is 5.56 Å². The van der Waals surface area contributed by atoms with Crippen LogP contribution in [0.5, 0.6) is 0 Å². The minimum atomic E-state index is -0.280. The van der Waals surface area contributed by atoms with Gasteiger partial charge in [0.05, 0.1) is 5.02 Å². The zero-order valence-corrected chi connectivity index (χ0v) is 11.9. The van der Waals surface area contributed by atoms with Gasteiger partial charge in [-0.1, -0.05) is 34.5 Å². The lowest BCUT2D eigenvalue weighted by Gasteiger charge is -1.99. The Morgan fingerprint density at radius 3 is 2.79 bits per heavy atom. The Kier molecular flexibility index (Phi) is 3.00. The van der Waals surface area contributed by atoms with Gasteiger partial charge in [-0.15, -0.1) is 10.2 Å². The summed E-state index contributed by atoms with van der Waals surface area (Å²) in [6.07, 6.45) is 0. The molecule has 3 rings (SSSR count). The molecule has 96 valence electrons. The lowest BCUT2D eigenvalue weighted by Crippen LogP contribution is -2.19. The zero-order chi connectivity index (χ0) is 13.6. The molecule has 0 amide bonds. The van der Waals surface area contributed by atoms with Gasteiger partial charge in [-0.2, -0.15) is 9.61 Å². The molecule has 0 radical (unpaired) electrons. The Morgan fingerprint density at radius 1 is 1.26 bits per heavy atom. The minimum Gasteiger partial charge on any atom is -0.265 e. The Balaban J connectivity index is 2.26. The van der Waals surface area contributed by atoms with E-state index in [1.807, 2.05) is 0 Å². The van der Waals surface area contributed by atoms with Crippen LogP contribution in [0.3, 0.4) is 0 Å². The van der Waals surface area contributed by atoms with Crippen molar-refractivity contribution in [1.29, 1.82) is 0 Å². The molecule has 2 heterocycles. The Hall–Kier alpha value is -1.50. The Morgan fingerprint density at radius 2 is 2.05 bits per heavy atom. The van der Waals surface area contributed by atoms with Crippen molar-refractivity contribution in [3.8, 4) is 10.6 Å². The highest BCUT2D eigenvalue weighted by molar-refractivity contribution is 7.19. The third-order valence-corrected chi connectivity index (χ3v) is 3.99. The van der Waals surface area contributed by atoms with Crippen molar-refractivity contribution in [2.45, 2.75) is 6.92 Å². The van der Waals surface area contributed by atoms with Gasteiger partial charge in [-0.3, -0.25) is 4.79 Å². The quantitative estimate of drug-likeness (QED) is 0.693. The SMILES string of the molecule is Cc1nnc2sc(-c3ccc(Cl)cc3Cl)nn2c1=O. The Labute approximate surface area is 121 Å². The summed E-state index contributed by atoms with van der Waals surface area (Å²) in [6, 6.07) is 5.10. The van der Waals surface area contributed by atoms with Crippen molar-refractivity contribution in [2.24, 2.45) is 0 Å². The molecule has 1 aromatic carbocycles. The van der Waals surface area contributed by atoms with E-state index in [4.69, 9.17) is 23.2 Å². The van der Waals surface area contributed by atoms with Crippen molar-refractivity contribution in [1.82, 2.24) is 19.8 Å². The molecule has 0 bridgehead atoms. The fourth-order valence-corrected chi connectivity index (χ4v) is 2.99. The molecule has 0 aliphatic rings. The molecule has 0 fully saturated rings. The number of aromatic nitrogens is 4. The zero-order valence-electron chi connectivity index (χ0n) is 9.59. The molecule has 2 aromatic heterocycles. The van der Waals surface area contributed by atoms with Gasteiger partial charge in [-0.05, 0) is 25.1 Å². The fraction of sp³-hybridized carbons (Fsp3) is 0.0909. The maximum atomic E-state index is 11.9. The number of fused-ring (bicyclic) bond motifs is 1. The van der Waals surface area contributed by atoms with E-state index in [0.717, 1.165) is 0 Å². The van der Waals surface area contributed by atoms with Crippen LogP contribution in [0, 0.1) is 6.92 Å². The van der Waals surface area contributed by atoms with Gasteiger partial charge < -0.3 is 0 Å². The van der Waals surface area contributed by atoms with Crippen LogP contribution in [-0.2, 0) is 0 Å². The van der Waals surface area contributed by atoms with Crippen molar-refractivity contribution in [2.75, 3.05) is 0 Å². The molecule has 0 saturated carbocycles. The van der Waals surface area contributed by atoms with Crippen LogP contribution in [0.25, 0.3) is 15.5 Å². The number of hydrogen-bond donors (Lipinski definition) is 0. The van der Waals surface area contributed by atoms with E-state index < -0.39 is 0 Å². The molecule has 0 unspecified atom stereocenters. The monoisotopic (exact) mass is 312 g/mol. The summed E-state index contributed by atoms with van der Waals surface area (Å²) < 4.78 is 1.23. The lowest BCUT2D eigenvalue weighted by atomic mass is 10.2. The van der Waals surface area contributed by atoms with Crippen LogP contribution in [-0.4, -0.2) is 19.8 Å². The molecule has 19 heavy (non-hydrogen) atoms. The molecule has 0 spiro atoms. The van der Waals surface area contributed by atoms with E-state index in [1.165, 1.54) is 15.9 Å². The van der Waals surface area contributed by atoms with E-state index in [0.29, 0.717) is 31.3 Å². The third-order valence-electron chi connectivity index (χ3n) is 2.51. The summed E-state index contributed by atoms with van der Waals surface area (Å²) in [5.74, 6) is 0. The fourth-order valence-electron chi connectivity index (χ4n) is 1.56. The number of hydrogen-bond acceptors (Lipinski definition) is 5. The van der Waals surface area contributed by atoms with Crippen LogP contribution in [0.15, 0.2) is 23.0 Å². The van der Waals surface area contributed by atoms with Crippen LogP contribution >= 0.6 is 34.5 Å². The average Bonchev–Trinajstić information content (AvgIpc) is 2.78. The van der Waals surface area contributed by atoms with E-state index in [-0.39, 0.29) is 5.56 Å². The first kappa shape index (κ1) is 12.5. The summed E-state index contributed by atoms with van der Waals surface area (Å²) >= 11 is 13.2. The van der Waals surface area contributed by atoms with E-state index >= 15 is 0 Å². The number of halogens is 2. The topological polar surface area (TPSA) is 60.1 Å². The Bertz CT molecular complexity index is 842. The second-order valence-corrected chi connectivity index (χ2v) is 5.62. The first-order valence-electron chi connectivity index (χ1n) is 5.25. The molecule has 0 N–H and O–H groups in total. The maximum Gasteiger partial charge on any atom is 0.296 e. The predicted molar refractivity (Wildman–Crippen MR) is 75.1 cm³/mol. The predicted octanol–water partition coefficient (Wildman–Crippen LogP) is 2.83. The van der Waals surface area contributed by atoms with E-state index in [9.17, 15) is 4.79 Å². The number of aryl methyl sites for hydroxylation is 1. The van der Waals surface area contributed by atoms with Crippen LogP contribution in [0.1, 0.15) is 5.69 Å². The maximum absolute atomic E-state index is 11.9. The van der Waals surface area contributed by atoms with Crippen LogP contribution in [0.4, 0.5) is 0 Å². The standard InChI is InChI=1S/C11H6Cl2N4OS/c1-5-10(18)17-11(15-14-5)19-9(16-17)7-3-2-6(12)4-8(7)13/h2-4H,1H3. The molecular formula is C11H6Cl2N4OS. The van der Waals surface area contributed by atoms with Gasteiger partial charge in [-0.25, -0.2) is 0 Å². The van der Waals surface area contributed by atoms with Gasteiger partial charge in [0.1, 0.15) is 10.7 Å². The van der Waals surface area contributed by atoms with Gasteiger partial charge >= 0.3 is 0 Å². The minimum absolute atomic E-state index is 0.280. The summed E-state index contributed by atoms with van der Waals surface area (Å²) in [6.45, 7) is 1.59. The summed E-state index contributed by atoms with van der Waals surface area (Å²) in [4.78, 5) is 12.3. The van der Waals surface area contributed by atoms with Crippen molar-refractivity contribution in [3.63, 3.8) is 0 Å². The smallest absolute Gasteiger partial charge is 0.265 e. The highest BCUT2D eigenvalue weighted by atomic mass is 35.5. The molecule has 0 aliphatic heterocycles. The second kappa shape index (κ2) is 4.56. The number of rotatable bonds is 1. The van der Waals surface area contributed by atoms with Crippen LogP contribution < -0.4 is 5.56 Å². The molecule has 0 aliphatic carbocycles. The normalized spacial score (nSPS) is 11.1. The summed E-state index contributed by atoms with van der Waals surface area (Å²) in [5, 5.41) is 13.6. The van der Waals surface area contributed by atoms with Crippen molar-refractivity contribution in [3.05, 3.63) is 44.3 Å². The molecular weight excluding hydrogens is 307 g/mol. The van der Waals surface area contributed by atoms with Gasteiger partial charge in [0, 0.05) is 10.6 Å². The first-order valence-corrected chi connectivity index (χ1v) is 6.82. The summed E-state index contributed by atoms with van der Waals surface area (Å²) in [5.41, 5.74) is 0.729. The second-order valence-electron chi connectivity index (χ2n) is 3.82. The molecule has 8 heteroatoms. The molecule has 0 atom stereocenters.